The summed E-state index contributed by atoms with van der Waals surface area (Å²) in [6, 6.07) is 3.74. The minimum absolute atomic E-state index is 0.0374. The highest BCUT2D eigenvalue weighted by molar-refractivity contribution is 5.92. The third kappa shape index (κ3) is 4.22. The molecule has 0 bridgehead atoms. The molecule has 2 heterocycles. The maximum absolute atomic E-state index is 12.5. The molecule has 1 aliphatic carbocycles. The number of rotatable bonds is 4. The zero-order valence-electron chi connectivity index (χ0n) is 14.2. The van der Waals surface area contributed by atoms with Crippen LogP contribution in [0.5, 0.6) is 0 Å². The molecule has 1 aromatic rings. The van der Waals surface area contributed by atoms with Gasteiger partial charge in [-0.15, -0.1) is 0 Å². The van der Waals surface area contributed by atoms with Crippen LogP contribution in [0, 0.1) is 18.8 Å². The smallest absolute Gasteiger partial charge is 0.230 e. The van der Waals surface area contributed by atoms with Gasteiger partial charge < -0.3 is 10.2 Å². The maximum atomic E-state index is 12.5. The predicted molar refractivity (Wildman–Crippen MR) is 93.4 cm³/mol. The first-order valence-corrected chi connectivity index (χ1v) is 8.80. The number of nitrogens with zero attached hydrogens (tertiary/aromatic N) is 2. The highest BCUT2D eigenvalue weighted by atomic mass is 16.2. The molecular formula is C19H25N3O2. The van der Waals surface area contributed by atoms with E-state index in [9.17, 15) is 9.59 Å². The topological polar surface area (TPSA) is 62.3 Å². The van der Waals surface area contributed by atoms with E-state index in [-0.39, 0.29) is 17.7 Å². The van der Waals surface area contributed by atoms with Crippen LogP contribution in [0.25, 0.3) is 0 Å². The molecule has 128 valence electrons. The van der Waals surface area contributed by atoms with Gasteiger partial charge in [0.25, 0.3) is 0 Å². The molecule has 2 atom stereocenters. The summed E-state index contributed by atoms with van der Waals surface area (Å²) in [5.74, 6) is 0.945. The number of aryl methyl sites for hydroxylation is 1. The van der Waals surface area contributed by atoms with Gasteiger partial charge in [-0.1, -0.05) is 18.2 Å². The van der Waals surface area contributed by atoms with Crippen LogP contribution in [-0.2, 0) is 9.59 Å². The van der Waals surface area contributed by atoms with E-state index in [1.165, 1.54) is 0 Å². The van der Waals surface area contributed by atoms with Crippen LogP contribution in [0.15, 0.2) is 30.5 Å². The second-order valence-electron chi connectivity index (χ2n) is 6.86. The van der Waals surface area contributed by atoms with Crippen LogP contribution in [0.1, 0.15) is 37.7 Å². The fraction of sp³-hybridized carbons (Fsp3) is 0.526. The van der Waals surface area contributed by atoms with Crippen molar-refractivity contribution in [2.45, 2.75) is 39.0 Å². The Bertz CT molecular complexity index is 624. The van der Waals surface area contributed by atoms with Crippen LogP contribution in [-0.4, -0.2) is 34.8 Å². The van der Waals surface area contributed by atoms with Gasteiger partial charge in [-0.3, -0.25) is 9.59 Å². The number of allylic oxidation sites excluding steroid dienone is 2. The molecule has 3 rings (SSSR count). The number of pyridine rings is 1. The first kappa shape index (κ1) is 16.7. The fourth-order valence-corrected chi connectivity index (χ4v) is 3.41. The van der Waals surface area contributed by atoms with E-state index in [0.29, 0.717) is 24.7 Å². The van der Waals surface area contributed by atoms with Gasteiger partial charge in [0, 0.05) is 25.7 Å². The molecule has 5 nitrogen and oxygen atoms in total. The van der Waals surface area contributed by atoms with E-state index < -0.39 is 0 Å². The second-order valence-corrected chi connectivity index (χ2v) is 6.86. The molecule has 1 N–H and O–H groups in total. The Balaban J connectivity index is 1.54. The summed E-state index contributed by atoms with van der Waals surface area (Å²) >= 11 is 0. The largest absolute Gasteiger partial charge is 0.342 e. The van der Waals surface area contributed by atoms with Crippen molar-refractivity contribution in [2.24, 2.45) is 11.8 Å². The normalized spacial score (nSPS) is 23.3. The number of anilines is 1. The number of carbonyl (C=O) groups excluding carboxylic acids is 2. The number of nitrogens with one attached hydrogen (secondary N) is 1. The molecule has 1 aliphatic heterocycles. The van der Waals surface area contributed by atoms with Crippen molar-refractivity contribution in [1.82, 2.24) is 9.88 Å². The lowest BCUT2D eigenvalue weighted by Crippen LogP contribution is -2.44. The van der Waals surface area contributed by atoms with Crippen LogP contribution in [0.4, 0.5) is 5.82 Å². The molecule has 2 aliphatic rings. The molecule has 0 saturated carbocycles. The monoisotopic (exact) mass is 327 g/mol. The molecule has 1 saturated heterocycles. The minimum Gasteiger partial charge on any atom is -0.342 e. The second kappa shape index (κ2) is 7.60. The van der Waals surface area contributed by atoms with Crippen LogP contribution < -0.4 is 5.32 Å². The Morgan fingerprint density at radius 3 is 2.92 bits per heavy atom. The van der Waals surface area contributed by atoms with E-state index in [1.54, 1.807) is 6.20 Å². The van der Waals surface area contributed by atoms with Gasteiger partial charge in [0.05, 0.1) is 5.92 Å². The standard InChI is InChI=1S/C19H25N3O2/c1-14-8-9-17(20-12-14)21-19(24)16-7-4-10-22(13-16)18(23)11-15-5-2-3-6-15/h2,5,8-9,12,15-16H,3-4,6-7,10-11,13H2,1H3,(H,20,21,24)/t15-,16+/m1/s1. The Morgan fingerprint density at radius 2 is 2.21 bits per heavy atom. The number of amides is 2. The Labute approximate surface area is 143 Å². The molecule has 1 fully saturated rings. The molecule has 5 heteroatoms. The van der Waals surface area contributed by atoms with Crippen LogP contribution >= 0.6 is 0 Å². The van der Waals surface area contributed by atoms with E-state index in [0.717, 1.165) is 37.8 Å². The summed E-state index contributed by atoms with van der Waals surface area (Å²) in [5, 5.41) is 2.87. The van der Waals surface area contributed by atoms with E-state index in [2.05, 4.69) is 22.5 Å². The molecule has 0 unspecified atom stereocenters. The maximum Gasteiger partial charge on any atom is 0.230 e. The summed E-state index contributed by atoms with van der Waals surface area (Å²) in [4.78, 5) is 31.0. The highest BCUT2D eigenvalue weighted by Crippen LogP contribution is 2.24. The van der Waals surface area contributed by atoms with Crippen molar-refractivity contribution in [3.8, 4) is 0 Å². The van der Waals surface area contributed by atoms with Crippen molar-refractivity contribution in [3.05, 3.63) is 36.0 Å². The molecule has 1 aromatic heterocycles. The summed E-state index contributed by atoms with van der Waals surface area (Å²) in [6.45, 7) is 3.25. The molecule has 0 radical (unpaired) electrons. The predicted octanol–water partition coefficient (Wildman–Crippen LogP) is 2.92. The molecule has 2 amide bonds. The van der Waals surface area contributed by atoms with E-state index in [4.69, 9.17) is 0 Å². The van der Waals surface area contributed by atoms with Crippen LogP contribution in [0.3, 0.4) is 0 Å². The van der Waals surface area contributed by atoms with Gasteiger partial charge >= 0.3 is 0 Å². The zero-order valence-corrected chi connectivity index (χ0v) is 14.2. The summed E-state index contributed by atoms with van der Waals surface area (Å²) in [6.07, 6.45) is 10.5. The third-order valence-electron chi connectivity index (χ3n) is 4.86. The lowest BCUT2D eigenvalue weighted by Gasteiger charge is -2.32. The molecular weight excluding hydrogens is 302 g/mol. The van der Waals surface area contributed by atoms with Crippen molar-refractivity contribution in [1.29, 1.82) is 0 Å². The van der Waals surface area contributed by atoms with Gasteiger partial charge in [0.2, 0.25) is 11.8 Å². The number of hydrogen-bond donors (Lipinski definition) is 1. The van der Waals surface area contributed by atoms with Gasteiger partial charge in [-0.2, -0.15) is 0 Å². The average molecular weight is 327 g/mol. The SMILES string of the molecule is Cc1ccc(NC(=O)[C@H]2CCCN(C(=O)C[C@@H]3C=CCC3)C2)nc1. The summed E-state index contributed by atoms with van der Waals surface area (Å²) in [7, 11) is 0. The van der Waals surface area contributed by atoms with Gasteiger partial charge in [-0.25, -0.2) is 4.98 Å². The molecule has 0 spiro atoms. The Hall–Kier alpha value is -2.17. The number of likely N-dealkylation sites (tertiary alicyclic amines) is 1. The number of piperidine rings is 1. The first-order valence-electron chi connectivity index (χ1n) is 8.80. The third-order valence-corrected chi connectivity index (χ3v) is 4.86. The fourth-order valence-electron chi connectivity index (χ4n) is 3.41. The zero-order chi connectivity index (χ0) is 16.9. The minimum atomic E-state index is -0.148. The Morgan fingerprint density at radius 1 is 1.33 bits per heavy atom. The molecule has 24 heavy (non-hydrogen) atoms. The summed E-state index contributed by atoms with van der Waals surface area (Å²) < 4.78 is 0. The van der Waals surface area contributed by atoms with Gasteiger partial charge in [0.1, 0.15) is 5.82 Å². The van der Waals surface area contributed by atoms with Gasteiger partial charge in [-0.05, 0) is 50.2 Å². The van der Waals surface area contributed by atoms with E-state index in [1.807, 2.05) is 24.0 Å². The lowest BCUT2D eigenvalue weighted by atomic mass is 9.95. The van der Waals surface area contributed by atoms with Crippen molar-refractivity contribution in [3.63, 3.8) is 0 Å². The quantitative estimate of drug-likeness (QED) is 0.865. The van der Waals surface area contributed by atoms with E-state index >= 15 is 0 Å². The lowest BCUT2D eigenvalue weighted by molar-refractivity contribution is -0.135. The van der Waals surface area contributed by atoms with Crippen molar-refractivity contribution < 1.29 is 9.59 Å². The molecule has 0 aromatic carbocycles. The number of carbonyl (C=O) groups is 2. The van der Waals surface area contributed by atoms with Crippen molar-refractivity contribution >= 4 is 17.6 Å². The van der Waals surface area contributed by atoms with Gasteiger partial charge in [0.15, 0.2) is 0 Å². The Kier molecular flexibility index (Phi) is 5.28. The highest BCUT2D eigenvalue weighted by Gasteiger charge is 2.29. The van der Waals surface area contributed by atoms with Crippen molar-refractivity contribution in [2.75, 3.05) is 18.4 Å². The summed E-state index contributed by atoms with van der Waals surface area (Å²) in [5.41, 5.74) is 1.06. The first-order chi connectivity index (χ1) is 11.6. The number of hydrogen-bond acceptors (Lipinski definition) is 3. The number of aromatic nitrogens is 1. The average Bonchev–Trinajstić information content (AvgIpc) is 3.10. The van der Waals surface area contributed by atoms with Crippen LogP contribution in [0.2, 0.25) is 0 Å².